The normalized spacial score (nSPS) is 13.9. The third-order valence-corrected chi connectivity index (χ3v) is 3.61. The van der Waals surface area contributed by atoms with Crippen molar-refractivity contribution in [3.05, 3.63) is 58.5 Å². The second kappa shape index (κ2) is 4.16. The molecule has 0 amide bonds. The predicted molar refractivity (Wildman–Crippen MR) is 75.6 cm³/mol. The van der Waals surface area contributed by atoms with E-state index >= 15 is 0 Å². The van der Waals surface area contributed by atoms with E-state index in [-0.39, 0.29) is 0 Å². The van der Waals surface area contributed by atoms with Crippen LogP contribution >= 0.6 is 0 Å². The zero-order chi connectivity index (χ0) is 12.7. The number of allylic oxidation sites excluding steroid dienone is 1. The lowest BCUT2D eigenvalue weighted by Crippen LogP contribution is -1.93. The fourth-order valence-electron chi connectivity index (χ4n) is 2.66. The van der Waals surface area contributed by atoms with Crippen LogP contribution in [0.4, 0.5) is 0 Å². The molecule has 1 aromatic heterocycles. The first-order valence-electron chi connectivity index (χ1n) is 6.54. The standard InChI is InChI=1S/C17H18O/c1-11(2)15-6-4-5-13-9-14(10-16(13)15)17-8-7-12(3)18-17/h4-8,10-11H,9H2,1-3H3. The number of benzene rings is 1. The molecular weight excluding hydrogens is 220 g/mol. The summed E-state index contributed by atoms with van der Waals surface area (Å²) < 4.78 is 5.73. The Kier molecular flexibility index (Phi) is 2.62. The van der Waals surface area contributed by atoms with Crippen LogP contribution in [-0.2, 0) is 6.42 Å². The molecule has 0 aliphatic heterocycles. The molecular formula is C17H18O. The lowest BCUT2D eigenvalue weighted by molar-refractivity contribution is 0.521. The van der Waals surface area contributed by atoms with Gasteiger partial charge in [0.15, 0.2) is 0 Å². The number of rotatable bonds is 2. The molecule has 1 aliphatic rings. The van der Waals surface area contributed by atoms with E-state index in [4.69, 9.17) is 4.42 Å². The molecule has 0 saturated heterocycles. The molecule has 1 heteroatoms. The lowest BCUT2D eigenvalue weighted by atomic mass is 9.95. The van der Waals surface area contributed by atoms with Gasteiger partial charge >= 0.3 is 0 Å². The van der Waals surface area contributed by atoms with Crippen LogP contribution in [0.2, 0.25) is 0 Å². The van der Waals surface area contributed by atoms with Crippen LogP contribution in [0.15, 0.2) is 34.7 Å². The summed E-state index contributed by atoms with van der Waals surface area (Å²) in [6, 6.07) is 10.7. The van der Waals surface area contributed by atoms with E-state index in [1.54, 1.807) is 0 Å². The van der Waals surface area contributed by atoms with Gasteiger partial charge in [0.1, 0.15) is 11.5 Å². The van der Waals surface area contributed by atoms with E-state index in [2.05, 4.69) is 44.2 Å². The minimum absolute atomic E-state index is 0.564. The van der Waals surface area contributed by atoms with Gasteiger partial charge in [-0.1, -0.05) is 32.0 Å². The largest absolute Gasteiger partial charge is 0.462 e. The second-order valence-corrected chi connectivity index (χ2v) is 5.33. The molecule has 0 fully saturated rings. The molecule has 0 N–H and O–H groups in total. The molecule has 0 atom stereocenters. The molecule has 1 aromatic carbocycles. The molecule has 0 bridgehead atoms. The molecule has 2 aromatic rings. The van der Waals surface area contributed by atoms with Gasteiger partial charge in [-0.15, -0.1) is 0 Å². The molecule has 1 aliphatic carbocycles. The smallest absolute Gasteiger partial charge is 0.130 e. The van der Waals surface area contributed by atoms with Crippen LogP contribution in [0.1, 0.15) is 48.0 Å². The highest BCUT2D eigenvalue weighted by molar-refractivity contribution is 5.88. The first kappa shape index (κ1) is 11.3. The maximum Gasteiger partial charge on any atom is 0.130 e. The second-order valence-electron chi connectivity index (χ2n) is 5.33. The lowest BCUT2D eigenvalue weighted by Gasteiger charge is -2.10. The predicted octanol–water partition coefficient (Wildman–Crippen LogP) is 4.81. The number of aryl methyl sites for hydroxylation is 1. The van der Waals surface area contributed by atoms with Crippen LogP contribution in [0.5, 0.6) is 0 Å². The minimum atomic E-state index is 0.564. The van der Waals surface area contributed by atoms with Crippen LogP contribution in [0, 0.1) is 6.92 Å². The van der Waals surface area contributed by atoms with Gasteiger partial charge in [0.05, 0.1) is 0 Å². The van der Waals surface area contributed by atoms with Crippen LogP contribution < -0.4 is 0 Å². The van der Waals surface area contributed by atoms with Gasteiger partial charge < -0.3 is 4.42 Å². The zero-order valence-electron chi connectivity index (χ0n) is 11.2. The highest BCUT2D eigenvalue weighted by Crippen LogP contribution is 2.36. The van der Waals surface area contributed by atoms with Crippen molar-refractivity contribution in [1.29, 1.82) is 0 Å². The first-order chi connectivity index (χ1) is 8.65. The summed E-state index contributed by atoms with van der Waals surface area (Å²) in [5, 5.41) is 0. The minimum Gasteiger partial charge on any atom is -0.462 e. The molecule has 0 unspecified atom stereocenters. The average molecular weight is 238 g/mol. The molecule has 92 valence electrons. The summed E-state index contributed by atoms with van der Waals surface area (Å²) in [6.45, 7) is 6.49. The van der Waals surface area contributed by atoms with Crippen molar-refractivity contribution in [1.82, 2.24) is 0 Å². The molecule has 18 heavy (non-hydrogen) atoms. The van der Waals surface area contributed by atoms with Gasteiger partial charge in [-0.3, -0.25) is 0 Å². The Morgan fingerprint density at radius 3 is 2.61 bits per heavy atom. The monoisotopic (exact) mass is 238 g/mol. The van der Waals surface area contributed by atoms with E-state index in [9.17, 15) is 0 Å². The molecule has 0 radical (unpaired) electrons. The van der Waals surface area contributed by atoms with E-state index in [0.717, 1.165) is 17.9 Å². The SMILES string of the molecule is Cc1ccc(C2=Cc3c(cccc3C(C)C)C2)o1. The molecule has 3 rings (SSSR count). The fraction of sp³-hybridized carbons (Fsp3) is 0.294. The highest BCUT2D eigenvalue weighted by Gasteiger charge is 2.19. The Hall–Kier alpha value is -1.76. The summed E-state index contributed by atoms with van der Waals surface area (Å²) in [4.78, 5) is 0. The summed E-state index contributed by atoms with van der Waals surface area (Å²) >= 11 is 0. The molecule has 1 heterocycles. The van der Waals surface area contributed by atoms with Crippen molar-refractivity contribution >= 4 is 11.6 Å². The van der Waals surface area contributed by atoms with Crippen molar-refractivity contribution in [3.63, 3.8) is 0 Å². The Labute approximate surface area is 108 Å². The van der Waals surface area contributed by atoms with Crippen molar-refractivity contribution in [2.75, 3.05) is 0 Å². The summed E-state index contributed by atoms with van der Waals surface area (Å²) in [5.74, 6) is 2.55. The van der Waals surface area contributed by atoms with Crippen molar-refractivity contribution in [2.24, 2.45) is 0 Å². The van der Waals surface area contributed by atoms with Gasteiger partial charge in [-0.2, -0.15) is 0 Å². The Balaban J connectivity index is 2.05. The number of hydrogen-bond acceptors (Lipinski definition) is 1. The van der Waals surface area contributed by atoms with E-state index in [1.807, 2.05) is 13.0 Å². The van der Waals surface area contributed by atoms with Gasteiger partial charge in [0.2, 0.25) is 0 Å². The topological polar surface area (TPSA) is 13.1 Å². The van der Waals surface area contributed by atoms with Gasteiger partial charge in [-0.25, -0.2) is 0 Å². The van der Waals surface area contributed by atoms with Gasteiger partial charge in [0, 0.05) is 6.42 Å². The Bertz CT molecular complexity index is 614. The maximum atomic E-state index is 5.73. The number of fused-ring (bicyclic) bond motifs is 1. The summed E-state index contributed by atoms with van der Waals surface area (Å²) in [7, 11) is 0. The van der Waals surface area contributed by atoms with Gasteiger partial charge in [0.25, 0.3) is 0 Å². The van der Waals surface area contributed by atoms with Crippen LogP contribution in [-0.4, -0.2) is 0 Å². The van der Waals surface area contributed by atoms with Crippen LogP contribution in [0.25, 0.3) is 11.6 Å². The van der Waals surface area contributed by atoms with Crippen molar-refractivity contribution < 1.29 is 4.42 Å². The summed E-state index contributed by atoms with van der Waals surface area (Å²) in [5.41, 5.74) is 5.55. The number of hydrogen-bond donors (Lipinski definition) is 0. The third-order valence-electron chi connectivity index (χ3n) is 3.61. The van der Waals surface area contributed by atoms with E-state index in [1.165, 1.54) is 22.3 Å². The molecule has 0 spiro atoms. The molecule has 0 saturated carbocycles. The van der Waals surface area contributed by atoms with E-state index in [0.29, 0.717) is 5.92 Å². The first-order valence-corrected chi connectivity index (χ1v) is 6.54. The number of furan rings is 1. The van der Waals surface area contributed by atoms with Crippen LogP contribution in [0.3, 0.4) is 0 Å². The highest BCUT2D eigenvalue weighted by atomic mass is 16.3. The molecule has 1 nitrogen and oxygen atoms in total. The van der Waals surface area contributed by atoms with Crippen molar-refractivity contribution in [2.45, 2.75) is 33.1 Å². The quantitative estimate of drug-likeness (QED) is 0.732. The zero-order valence-corrected chi connectivity index (χ0v) is 11.2. The summed E-state index contributed by atoms with van der Waals surface area (Å²) in [6.07, 6.45) is 3.28. The van der Waals surface area contributed by atoms with E-state index < -0.39 is 0 Å². The Morgan fingerprint density at radius 1 is 1.11 bits per heavy atom. The van der Waals surface area contributed by atoms with Crippen molar-refractivity contribution in [3.8, 4) is 0 Å². The average Bonchev–Trinajstić information content (AvgIpc) is 2.93. The maximum absolute atomic E-state index is 5.73. The fourth-order valence-corrected chi connectivity index (χ4v) is 2.66. The Morgan fingerprint density at radius 2 is 1.94 bits per heavy atom. The third kappa shape index (κ3) is 1.80. The van der Waals surface area contributed by atoms with Gasteiger partial charge in [-0.05, 0) is 53.3 Å².